The van der Waals surface area contributed by atoms with E-state index in [0.29, 0.717) is 11.6 Å². The molecule has 0 aromatic heterocycles. The van der Waals surface area contributed by atoms with E-state index >= 15 is 0 Å². The molecule has 5 nitrogen and oxygen atoms in total. The van der Waals surface area contributed by atoms with Gasteiger partial charge in [-0.1, -0.05) is 29.8 Å². The molecule has 1 N–H and O–H groups in total. The molecule has 0 aliphatic carbocycles. The number of halogens is 1. The second-order valence-corrected chi connectivity index (χ2v) is 5.48. The molecular formula is C15H22ClN3O2. The molecular weight excluding hydrogens is 290 g/mol. The van der Waals surface area contributed by atoms with E-state index in [2.05, 4.69) is 10.2 Å². The number of amides is 2. The van der Waals surface area contributed by atoms with Crippen molar-refractivity contribution in [2.24, 2.45) is 0 Å². The lowest BCUT2D eigenvalue weighted by atomic mass is 10.2. The van der Waals surface area contributed by atoms with Crippen LogP contribution in [0, 0.1) is 0 Å². The minimum atomic E-state index is -0.0266. The zero-order valence-electron chi connectivity index (χ0n) is 12.3. The van der Waals surface area contributed by atoms with E-state index < -0.39 is 0 Å². The number of urea groups is 1. The van der Waals surface area contributed by atoms with Crippen LogP contribution in [-0.4, -0.2) is 62.3 Å². The number of hydrogen-bond acceptors (Lipinski definition) is 3. The first kappa shape index (κ1) is 16.1. The molecule has 0 radical (unpaired) electrons. The number of methoxy groups -OCH3 is 1. The van der Waals surface area contributed by atoms with Crippen LogP contribution < -0.4 is 5.32 Å². The molecule has 0 unspecified atom stereocenters. The standard InChI is InChI=1S/C15H22ClN3O2/c1-21-11-10-18-6-8-19(9-7-18)15(20)17-12-13-4-2-3-5-14(13)16/h2-5H,6-12H2,1H3,(H,17,20). The molecule has 1 saturated heterocycles. The van der Waals surface area contributed by atoms with Crippen LogP contribution in [0.5, 0.6) is 0 Å². The highest BCUT2D eigenvalue weighted by Gasteiger charge is 2.20. The predicted molar refractivity (Wildman–Crippen MR) is 83.6 cm³/mol. The summed E-state index contributed by atoms with van der Waals surface area (Å²) in [6.07, 6.45) is 0. The quantitative estimate of drug-likeness (QED) is 0.902. The fraction of sp³-hybridized carbons (Fsp3) is 0.533. The number of carbonyl (C=O) groups is 1. The average Bonchev–Trinajstić information content (AvgIpc) is 2.52. The normalized spacial score (nSPS) is 16.0. The number of carbonyl (C=O) groups excluding carboxylic acids is 1. The Morgan fingerprint density at radius 1 is 1.29 bits per heavy atom. The smallest absolute Gasteiger partial charge is 0.317 e. The first-order chi connectivity index (χ1) is 10.2. The van der Waals surface area contributed by atoms with Crippen LogP contribution in [-0.2, 0) is 11.3 Å². The summed E-state index contributed by atoms with van der Waals surface area (Å²) < 4.78 is 5.07. The van der Waals surface area contributed by atoms with Gasteiger partial charge in [-0.3, -0.25) is 4.90 Å². The van der Waals surface area contributed by atoms with Crippen LogP contribution in [0.4, 0.5) is 4.79 Å². The molecule has 0 saturated carbocycles. The fourth-order valence-electron chi connectivity index (χ4n) is 2.32. The molecule has 0 spiro atoms. The van der Waals surface area contributed by atoms with Crippen molar-refractivity contribution in [1.82, 2.24) is 15.1 Å². The Morgan fingerprint density at radius 2 is 2.00 bits per heavy atom. The van der Waals surface area contributed by atoms with Crippen molar-refractivity contribution in [3.05, 3.63) is 34.9 Å². The maximum Gasteiger partial charge on any atom is 0.317 e. The maximum atomic E-state index is 12.1. The highest BCUT2D eigenvalue weighted by molar-refractivity contribution is 6.31. The average molecular weight is 312 g/mol. The van der Waals surface area contributed by atoms with Gasteiger partial charge in [0.1, 0.15) is 0 Å². The monoisotopic (exact) mass is 311 g/mol. The summed E-state index contributed by atoms with van der Waals surface area (Å²) in [6, 6.07) is 7.53. The summed E-state index contributed by atoms with van der Waals surface area (Å²) in [6.45, 7) is 5.40. The minimum Gasteiger partial charge on any atom is -0.383 e. The molecule has 6 heteroatoms. The molecule has 1 aliphatic heterocycles. The third-order valence-electron chi connectivity index (χ3n) is 3.66. The Morgan fingerprint density at radius 3 is 2.67 bits per heavy atom. The first-order valence-electron chi connectivity index (χ1n) is 7.18. The fourth-order valence-corrected chi connectivity index (χ4v) is 2.52. The zero-order valence-corrected chi connectivity index (χ0v) is 13.1. The largest absolute Gasteiger partial charge is 0.383 e. The summed E-state index contributed by atoms with van der Waals surface area (Å²) in [5.74, 6) is 0. The number of nitrogens with one attached hydrogen (secondary N) is 1. The Bertz CT molecular complexity index is 462. The van der Waals surface area contributed by atoms with Crippen LogP contribution >= 0.6 is 11.6 Å². The molecule has 0 atom stereocenters. The van der Waals surface area contributed by atoms with Gasteiger partial charge in [-0.05, 0) is 11.6 Å². The lowest BCUT2D eigenvalue weighted by Gasteiger charge is -2.34. The number of rotatable bonds is 5. The van der Waals surface area contributed by atoms with E-state index in [1.54, 1.807) is 7.11 Å². The Balaban J connectivity index is 1.74. The van der Waals surface area contributed by atoms with Gasteiger partial charge in [0.05, 0.1) is 6.61 Å². The first-order valence-corrected chi connectivity index (χ1v) is 7.56. The molecule has 1 heterocycles. The predicted octanol–water partition coefficient (Wildman–Crippen LogP) is 1.81. The number of hydrogen-bond donors (Lipinski definition) is 1. The molecule has 2 rings (SSSR count). The van der Waals surface area contributed by atoms with Gasteiger partial charge in [0, 0.05) is 51.4 Å². The Labute approximate surface area is 130 Å². The molecule has 0 bridgehead atoms. The maximum absolute atomic E-state index is 12.1. The minimum absolute atomic E-state index is 0.0266. The zero-order chi connectivity index (χ0) is 15.1. The van der Waals surface area contributed by atoms with Crippen molar-refractivity contribution >= 4 is 17.6 Å². The number of benzene rings is 1. The number of nitrogens with zero attached hydrogens (tertiary/aromatic N) is 2. The van der Waals surface area contributed by atoms with Crippen LogP contribution in [0.15, 0.2) is 24.3 Å². The highest BCUT2D eigenvalue weighted by atomic mass is 35.5. The van der Waals surface area contributed by atoms with E-state index in [1.807, 2.05) is 29.2 Å². The van der Waals surface area contributed by atoms with E-state index in [4.69, 9.17) is 16.3 Å². The molecule has 116 valence electrons. The van der Waals surface area contributed by atoms with E-state index in [-0.39, 0.29) is 6.03 Å². The van der Waals surface area contributed by atoms with Crippen LogP contribution in [0.2, 0.25) is 5.02 Å². The van der Waals surface area contributed by atoms with Gasteiger partial charge < -0.3 is 15.0 Å². The van der Waals surface area contributed by atoms with Crippen molar-refractivity contribution in [3.8, 4) is 0 Å². The van der Waals surface area contributed by atoms with Gasteiger partial charge in [-0.25, -0.2) is 4.79 Å². The topological polar surface area (TPSA) is 44.8 Å². The summed E-state index contributed by atoms with van der Waals surface area (Å²) in [5, 5.41) is 3.61. The third kappa shape index (κ3) is 4.88. The van der Waals surface area contributed by atoms with Crippen molar-refractivity contribution in [2.75, 3.05) is 46.4 Å². The van der Waals surface area contributed by atoms with Gasteiger partial charge in [-0.15, -0.1) is 0 Å². The van der Waals surface area contributed by atoms with Gasteiger partial charge in [0.2, 0.25) is 0 Å². The van der Waals surface area contributed by atoms with Gasteiger partial charge in [-0.2, -0.15) is 0 Å². The van der Waals surface area contributed by atoms with Crippen LogP contribution in [0.1, 0.15) is 5.56 Å². The van der Waals surface area contributed by atoms with Crippen molar-refractivity contribution in [2.45, 2.75) is 6.54 Å². The molecule has 1 aromatic carbocycles. The SMILES string of the molecule is COCCN1CCN(C(=O)NCc2ccccc2Cl)CC1. The van der Waals surface area contributed by atoms with E-state index in [1.165, 1.54) is 0 Å². The highest BCUT2D eigenvalue weighted by Crippen LogP contribution is 2.14. The summed E-state index contributed by atoms with van der Waals surface area (Å²) in [5.41, 5.74) is 0.936. The van der Waals surface area contributed by atoms with Crippen LogP contribution in [0.25, 0.3) is 0 Å². The van der Waals surface area contributed by atoms with Crippen molar-refractivity contribution in [1.29, 1.82) is 0 Å². The summed E-state index contributed by atoms with van der Waals surface area (Å²) in [7, 11) is 1.71. The van der Waals surface area contributed by atoms with Gasteiger partial charge in [0.15, 0.2) is 0 Å². The van der Waals surface area contributed by atoms with E-state index in [0.717, 1.165) is 44.9 Å². The lowest BCUT2D eigenvalue weighted by molar-refractivity contribution is 0.106. The molecule has 1 fully saturated rings. The van der Waals surface area contributed by atoms with Crippen LogP contribution in [0.3, 0.4) is 0 Å². The summed E-state index contributed by atoms with van der Waals surface area (Å²) in [4.78, 5) is 16.3. The molecule has 21 heavy (non-hydrogen) atoms. The lowest BCUT2D eigenvalue weighted by Crippen LogP contribution is -2.52. The Hall–Kier alpha value is -1.30. The van der Waals surface area contributed by atoms with Crippen molar-refractivity contribution < 1.29 is 9.53 Å². The number of piperazine rings is 1. The third-order valence-corrected chi connectivity index (χ3v) is 4.03. The summed E-state index contributed by atoms with van der Waals surface area (Å²) >= 11 is 6.08. The number of ether oxygens (including phenoxy) is 1. The molecule has 2 amide bonds. The second kappa shape index (κ2) is 8.22. The van der Waals surface area contributed by atoms with Crippen molar-refractivity contribution in [3.63, 3.8) is 0 Å². The Kier molecular flexibility index (Phi) is 6.29. The molecule has 1 aromatic rings. The second-order valence-electron chi connectivity index (χ2n) is 5.07. The van der Waals surface area contributed by atoms with Gasteiger partial charge >= 0.3 is 6.03 Å². The molecule has 1 aliphatic rings. The van der Waals surface area contributed by atoms with E-state index in [9.17, 15) is 4.79 Å². The van der Waals surface area contributed by atoms with Gasteiger partial charge in [0.25, 0.3) is 0 Å².